The van der Waals surface area contributed by atoms with E-state index in [1.807, 2.05) is 35.1 Å². The van der Waals surface area contributed by atoms with Gasteiger partial charge in [0, 0.05) is 23.1 Å². The molecule has 134 valence electrons. The lowest BCUT2D eigenvalue weighted by Gasteiger charge is -2.21. The lowest BCUT2D eigenvalue weighted by Crippen LogP contribution is -2.35. The van der Waals surface area contributed by atoms with Crippen molar-refractivity contribution in [2.45, 2.75) is 25.9 Å². The second-order valence-corrected chi connectivity index (χ2v) is 7.29. The standard InChI is InChI=1S/C18H19N5O2S/c1-25-14-4-2-3-12(7-14)18-20-9-15(26-18)8-19-17(24)13-5-6-16-21-11-22-23(16)10-13/h2-4,7,9,11,13H,5-6,8,10H2,1H3,(H,19,24). The van der Waals surface area contributed by atoms with Crippen molar-refractivity contribution in [1.29, 1.82) is 0 Å². The van der Waals surface area contributed by atoms with Crippen molar-refractivity contribution in [3.63, 3.8) is 0 Å². The van der Waals surface area contributed by atoms with Gasteiger partial charge in [0.2, 0.25) is 5.91 Å². The summed E-state index contributed by atoms with van der Waals surface area (Å²) >= 11 is 1.57. The lowest BCUT2D eigenvalue weighted by molar-refractivity contribution is -0.126. The molecule has 3 aromatic rings. The Hall–Kier alpha value is -2.74. The second-order valence-electron chi connectivity index (χ2n) is 6.18. The number of nitrogens with one attached hydrogen (secondary N) is 1. The van der Waals surface area contributed by atoms with Crippen LogP contribution in [0.25, 0.3) is 10.6 Å². The predicted molar refractivity (Wildman–Crippen MR) is 97.8 cm³/mol. The number of benzene rings is 1. The predicted octanol–water partition coefficient (Wildman–Crippen LogP) is 2.29. The Balaban J connectivity index is 1.37. The molecule has 4 rings (SSSR count). The van der Waals surface area contributed by atoms with E-state index in [2.05, 4.69) is 20.4 Å². The fourth-order valence-corrected chi connectivity index (χ4v) is 3.90. The van der Waals surface area contributed by atoms with Gasteiger partial charge < -0.3 is 10.1 Å². The molecular weight excluding hydrogens is 350 g/mol. The van der Waals surface area contributed by atoms with Gasteiger partial charge in [-0.05, 0) is 18.6 Å². The first-order chi connectivity index (χ1) is 12.7. The van der Waals surface area contributed by atoms with Gasteiger partial charge in [-0.25, -0.2) is 14.6 Å². The molecule has 26 heavy (non-hydrogen) atoms. The van der Waals surface area contributed by atoms with Crippen LogP contribution in [0.4, 0.5) is 0 Å². The van der Waals surface area contributed by atoms with Gasteiger partial charge in [-0.1, -0.05) is 12.1 Å². The van der Waals surface area contributed by atoms with Crippen molar-refractivity contribution in [3.05, 3.63) is 47.5 Å². The summed E-state index contributed by atoms with van der Waals surface area (Å²) in [5, 5.41) is 8.11. The van der Waals surface area contributed by atoms with Gasteiger partial charge in [0.15, 0.2) is 0 Å². The van der Waals surface area contributed by atoms with E-state index in [4.69, 9.17) is 4.74 Å². The van der Waals surface area contributed by atoms with Crippen molar-refractivity contribution < 1.29 is 9.53 Å². The van der Waals surface area contributed by atoms with Crippen LogP contribution in [0.5, 0.6) is 5.75 Å². The molecule has 1 aliphatic heterocycles. The van der Waals surface area contributed by atoms with Crippen molar-refractivity contribution in [2.24, 2.45) is 5.92 Å². The highest BCUT2D eigenvalue weighted by molar-refractivity contribution is 7.15. The van der Waals surface area contributed by atoms with E-state index in [0.717, 1.165) is 39.9 Å². The number of rotatable bonds is 5. The normalized spacial score (nSPS) is 16.1. The Morgan fingerprint density at radius 3 is 3.23 bits per heavy atom. The number of carbonyl (C=O) groups is 1. The molecule has 1 aromatic carbocycles. The molecule has 1 aliphatic rings. The van der Waals surface area contributed by atoms with E-state index in [9.17, 15) is 4.79 Å². The highest BCUT2D eigenvalue weighted by atomic mass is 32.1. The smallest absolute Gasteiger partial charge is 0.225 e. The van der Waals surface area contributed by atoms with Crippen LogP contribution in [0, 0.1) is 5.92 Å². The number of hydrogen-bond donors (Lipinski definition) is 1. The monoisotopic (exact) mass is 369 g/mol. The van der Waals surface area contributed by atoms with Gasteiger partial charge in [0.1, 0.15) is 22.9 Å². The van der Waals surface area contributed by atoms with Crippen LogP contribution in [0.2, 0.25) is 0 Å². The molecular formula is C18H19N5O2S. The lowest BCUT2D eigenvalue weighted by atomic mass is 9.99. The number of ether oxygens (including phenoxy) is 1. The molecule has 7 nitrogen and oxygen atoms in total. The van der Waals surface area contributed by atoms with E-state index in [1.165, 1.54) is 0 Å². The van der Waals surface area contributed by atoms with E-state index < -0.39 is 0 Å². The number of hydrogen-bond acceptors (Lipinski definition) is 6. The number of carbonyl (C=O) groups excluding carboxylic acids is 1. The summed E-state index contributed by atoms with van der Waals surface area (Å²) in [6.07, 6.45) is 4.96. The molecule has 0 spiro atoms. The first-order valence-corrected chi connectivity index (χ1v) is 9.28. The summed E-state index contributed by atoms with van der Waals surface area (Å²) < 4.78 is 7.08. The van der Waals surface area contributed by atoms with Crippen molar-refractivity contribution in [1.82, 2.24) is 25.1 Å². The number of fused-ring (bicyclic) bond motifs is 1. The number of aryl methyl sites for hydroxylation is 1. The average Bonchev–Trinajstić information content (AvgIpc) is 3.34. The second kappa shape index (κ2) is 7.25. The fourth-order valence-electron chi connectivity index (χ4n) is 3.05. The highest BCUT2D eigenvalue weighted by Gasteiger charge is 2.25. The number of methoxy groups -OCH3 is 1. The van der Waals surface area contributed by atoms with Gasteiger partial charge in [-0.3, -0.25) is 4.79 Å². The molecule has 0 saturated heterocycles. The zero-order valence-electron chi connectivity index (χ0n) is 14.4. The summed E-state index contributed by atoms with van der Waals surface area (Å²) in [6, 6.07) is 7.81. The summed E-state index contributed by atoms with van der Waals surface area (Å²) in [4.78, 5) is 22.1. The third-order valence-corrected chi connectivity index (χ3v) is 5.53. The molecule has 1 unspecified atom stereocenters. The van der Waals surface area contributed by atoms with Crippen LogP contribution in [-0.2, 0) is 24.3 Å². The maximum atomic E-state index is 12.5. The fraction of sp³-hybridized carbons (Fsp3) is 0.333. The number of aromatic nitrogens is 4. The van der Waals surface area contributed by atoms with Gasteiger partial charge in [0.05, 0.1) is 26.1 Å². The number of thiazole rings is 1. The summed E-state index contributed by atoms with van der Waals surface area (Å²) in [5.41, 5.74) is 1.01. The van der Waals surface area contributed by atoms with Crippen LogP contribution in [0.3, 0.4) is 0 Å². The summed E-state index contributed by atoms with van der Waals surface area (Å²) in [5.74, 6) is 1.76. The Morgan fingerprint density at radius 2 is 2.35 bits per heavy atom. The van der Waals surface area contributed by atoms with Crippen LogP contribution in [0.15, 0.2) is 36.8 Å². The third kappa shape index (κ3) is 3.45. The first kappa shape index (κ1) is 16.7. The van der Waals surface area contributed by atoms with E-state index in [-0.39, 0.29) is 11.8 Å². The minimum Gasteiger partial charge on any atom is -0.497 e. The highest BCUT2D eigenvalue weighted by Crippen LogP contribution is 2.28. The Morgan fingerprint density at radius 1 is 1.42 bits per heavy atom. The molecule has 3 heterocycles. The molecule has 0 saturated carbocycles. The van der Waals surface area contributed by atoms with Crippen molar-refractivity contribution >= 4 is 17.2 Å². The van der Waals surface area contributed by atoms with Crippen LogP contribution in [-0.4, -0.2) is 32.8 Å². The largest absolute Gasteiger partial charge is 0.497 e. The van der Waals surface area contributed by atoms with Crippen LogP contribution < -0.4 is 10.1 Å². The van der Waals surface area contributed by atoms with E-state index in [1.54, 1.807) is 24.8 Å². The van der Waals surface area contributed by atoms with E-state index >= 15 is 0 Å². The Bertz CT molecular complexity index is 920. The molecule has 0 bridgehead atoms. The minimum absolute atomic E-state index is 0.0579. The zero-order valence-corrected chi connectivity index (χ0v) is 15.2. The van der Waals surface area contributed by atoms with Crippen LogP contribution in [0.1, 0.15) is 17.1 Å². The van der Waals surface area contributed by atoms with Crippen LogP contribution >= 0.6 is 11.3 Å². The number of nitrogens with zero attached hydrogens (tertiary/aromatic N) is 4. The van der Waals surface area contributed by atoms with E-state index in [0.29, 0.717) is 13.1 Å². The first-order valence-electron chi connectivity index (χ1n) is 8.46. The van der Waals surface area contributed by atoms with Crippen molar-refractivity contribution in [3.8, 4) is 16.3 Å². The van der Waals surface area contributed by atoms with Crippen molar-refractivity contribution in [2.75, 3.05) is 7.11 Å². The zero-order chi connectivity index (χ0) is 17.9. The average molecular weight is 369 g/mol. The summed E-state index contributed by atoms with van der Waals surface area (Å²) in [7, 11) is 1.65. The third-order valence-electron chi connectivity index (χ3n) is 4.48. The molecule has 1 N–H and O–H groups in total. The number of amides is 1. The SMILES string of the molecule is COc1cccc(-c2ncc(CNC(=O)C3CCc4ncnn4C3)s2)c1. The molecule has 2 aromatic heterocycles. The maximum Gasteiger partial charge on any atom is 0.225 e. The van der Waals surface area contributed by atoms with Gasteiger partial charge in [0.25, 0.3) is 0 Å². The molecule has 1 atom stereocenters. The van der Waals surface area contributed by atoms with Gasteiger partial charge >= 0.3 is 0 Å². The maximum absolute atomic E-state index is 12.5. The molecule has 1 amide bonds. The Kier molecular flexibility index (Phi) is 4.66. The minimum atomic E-state index is -0.0602. The quantitative estimate of drug-likeness (QED) is 0.746. The summed E-state index contributed by atoms with van der Waals surface area (Å²) in [6.45, 7) is 1.08. The van der Waals surface area contributed by atoms with Gasteiger partial charge in [-0.2, -0.15) is 5.10 Å². The Labute approximate surface area is 155 Å². The molecule has 0 radical (unpaired) electrons. The van der Waals surface area contributed by atoms with Gasteiger partial charge in [-0.15, -0.1) is 11.3 Å². The molecule has 8 heteroatoms. The topological polar surface area (TPSA) is 81.9 Å². The molecule has 0 aliphatic carbocycles. The molecule has 0 fully saturated rings.